The SMILES string of the molecule is O=C(CCCC(=O)Nc1cccc2ccccc12)Nc1cc(Cc2n[nH]c(=O)c3ccccc23)ccc1F. The number of carbonyl (C=O) groups excluding carboxylic acids is 2. The summed E-state index contributed by atoms with van der Waals surface area (Å²) in [4.78, 5) is 37.0. The third-order valence-electron chi connectivity index (χ3n) is 6.32. The van der Waals surface area contributed by atoms with E-state index in [1.807, 2.05) is 54.6 Å². The third-order valence-corrected chi connectivity index (χ3v) is 6.32. The number of amides is 2. The van der Waals surface area contributed by atoms with E-state index in [0.717, 1.165) is 22.0 Å². The molecule has 0 saturated heterocycles. The van der Waals surface area contributed by atoms with Gasteiger partial charge in [-0.1, -0.05) is 60.7 Å². The second-order valence-electron chi connectivity index (χ2n) is 9.01. The minimum Gasteiger partial charge on any atom is -0.326 e. The van der Waals surface area contributed by atoms with Gasteiger partial charge in [-0.05, 0) is 41.6 Å². The van der Waals surface area contributed by atoms with Gasteiger partial charge in [-0.3, -0.25) is 14.4 Å². The Kier molecular flexibility index (Phi) is 7.21. The average Bonchev–Trinajstić information content (AvgIpc) is 2.92. The molecule has 0 aliphatic heterocycles. The zero-order chi connectivity index (χ0) is 26.5. The van der Waals surface area contributed by atoms with Crippen LogP contribution < -0.4 is 16.2 Å². The number of benzene rings is 4. The zero-order valence-electron chi connectivity index (χ0n) is 20.5. The number of aromatic nitrogens is 2. The van der Waals surface area contributed by atoms with Crippen LogP contribution in [0, 0.1) is 5.82 Å². The Morgan fingerprint density at radius 1 is 0.763 bits per heavy atom. The van der Waals surface area contributed by atoms with Crippen LogP contribution in [-0.2, 0) is 16.0 Å². The number of nitrogens with one attached hydrogen (secondary N) is 3. The minimum absolute atomic E-state index is 0.0569. The molecule has 0 atom stereocenters. The van der Waals surface area contributed by atoms with E-state index in [1.165, 1.54) is 6.07 Å². The Bertz CT molecular complexity index is 1710. The zero-order valence-corrected chi connectivity index (χ0v) is 20.5. The van der Waals surface area contributed by atoms with Gasteiger partial charge in [0.2, 0.25) is 11.8 Å². The van der Waals surface area contributed by atoms with E-state index >= 15 is 0 Å². The van der Waals surface area contributed by atoms with Crippen molar-refractivity contribution in [3.63, 3.8) is 0 Å². The fourth-order valence-corrected chi connectivity index (χ4v) is 4.45. The number of nitrogens with zero attached hydrogens (tertiary/aromatic N) is 1. The lowest BCUT2D eigenvalue weighted by molar-refractivity contribution is -0.117. The molecule has 1 aromatic heterocycles. The Morgan fingerprint density at radius 2 is 1.42 bits per heavy atom. The molecule has 0 fully saturated rings. The Balaban J connectivity index is 1.18. The first kappa shape index (κ1) is 24.8. The van der Waals surface area contributed by atoms with E-state index in [2.05, 4.69) is 20.8 Å². The molecule has 0 saturated carbocycles. The predicted molar refractivity (Wildman–Crippen MR) is 147 cm³/mol. The van der Waals surface area contributed by atoms with E-state index in [4.69, 9.17) is 0 Å². The summed E-state index contributed by atoms with van der Waals surface area (Å²) in [7, 11) is 0. The van der Waals surface area contributed by atoms with Crippen molar-refractivity contribution in [2.45, 2.75) is 25.7 Å². The van der Waals surface area contributed by atoms with E-state index in [9.17, 15) is 18.8 Å². The molecule has 1 heterocycles. The fourth-order valence-electron chi connectivity index (χ4n) is 4.45. The summed E-state index contributed by atoms with van der Waals surface area (Å²) in [6.07, 6.45) is 0.884. The number of anilines is 2. The number of halogens is 1. The van der Waals surface area contributed by atoms with Gasteiger partial charge in [0.1, 0.15) is 5.82 Å². The van der Waals surface area contributed by atoms with Crippen LogP contribution in [0.15, 0.2) is 89.7 Å². The van der Waals surface area contributed by atoms with Crippen molar-refractivity contribution in [3.05, 3.63) is 112 Å². The van der Waals surface area contributed by atoms with Crippen molar-refractivity contribution in [2.75, 3.05) is 10.6 Å². The molecule has 8 heteroatoms. The monoisotopic (exact) mass is 508 g/mol. The van der Waals surface area contributed by atoms with Gasteiger partial charge < -0.3 is 10.6 Å². The normalized spacial score (nSPS) is 11.0. The maximum Gasteiger partial charge on any atom is 0.272 e. The Labute approximate surface area is 217 Å². The molecule has 0 aliphatic carbocycles. The third kappa shape index (κ3) is 5.59. The highest BCUT2D eigenvalue weighted by Gasteiger charge is 2.12. The van der Waals surface area contributed by atoms with E-state index in [-0.39, 0.29) is 35.9 Å². The van der Waals surface area contributed by atoms with Crippen molar-refractivity contribution in [2.24, 2.45) is 0 Å². The fraction of sp³-hybridized carbons (Fsp3) is 0.133. The van der Waals surface area contributed by atoms with Gasteiger partial charge in [0.25, 0.3) is 5.56 Å². The maximum absolute atomic E-state index is 14.5. The van der Waals surface area contributed by atoms with Crippen LogP contribution in [0.2, 0.25) is 0 Å². The predicted octanol–water partition coefficient (Wildman–Crippen LogP) is 5.55. The topological polar surface area (TPSA) is 104 Å². The van der Waals surface area contributed by atoms with Crippen molar-refractivity contribution in [1.29, 1.82) is 0 Å². The summed E-state index contributed by atoms with van der Waals surface area (Å²) in [6, 6.07) is 25.1. The van der Waals surface area contributed by atoms with Crippen LogP contribution in [0.4, 0.5) is 15.8 Å². The van der Waals surface area contributed by atoms with E-state index in [1.54, 1.807) is 24.3 Å². The van der Waals surface area contributed by atoms with Crippen molar-refractivity contribution < 1.29 is 14.0 Å². The molecule has 5 aromatic rings. The highest BCUT2D eigenvalue weighted by atomic mass is 19.1. The van der Waals surface area contributed by atoms with Gasteiger partial charge in [0.05, 0.1) is 16.8 Å². The summed E-state index contributed by atoms with van der Waals surface area (Å²) in [5.41, 5.74) is 1.87. The summed E-state index contributed by atoms with van der Waals surface area (Å²) >= 11 is 0. The van der Waals surface area contributed by atoms with E-state index < -0.39 is 5.82 Å². The van der Waals surface area contributed by atoms with Crippen LogP contribution in [-0.4, -0.2) is 22.0 Å². The molecule has 0 spiro atoms. The number of H-pyrrole nitrogens is 1. The first-order valence-corrected chi connectivity index (χ1v) is 12.3. The number of rotatable bonds is 8. The lowest BCUT2D eigenvalue weighted by Crippen LogP contribution is -2.16. The summed E-state index contributed by atoms with van der Waals surface area (Å²) in [5, 5.41) is 15.4. The second-order valence-corrected chi connectivity index (χ2v) is 9.01. The average molecular weight is 509 g/mol. The number of hydrogen-bond donors (Lipinski definition) is 3. The van der Waals surface area contributed by atoms with Crippen LogP contribution in [0.5, 0.6) is 0 Å². The van der Waals surface area contributed by atoms with Gasteiger partial charge in [-0.15, -0.1) is 0 Å². The number of aromatic amines is 1. The molecule has 190 valence electrons. The molecule has 0 unspecified atom stereocenters. The standard InChI is InChI=1S/C30H25FN4O3/c31-24-16-15-19(17-26-22-10-3-4-11-23(22)30(38)35-34-26)18-27(24)33-29(37)14-6-13-28(36)32-25-12-5-8-20-7-1-2-9-21(20)25/h1-5,7-12,15-16,18H,6,13-14,17H2,(H,32,36)(H,33,37)(H,35,38). The number of fused-ring (bicyclic) bond motifs is 2. The van der Waals surface area contributed by atoms with Crippen molar-refractivity contribution in [3.8, 4) is 0 Å². The highest BCUT2D eigenvalue weighted by Crippen LogP contribution is 2.24. The van der Waals surface area contributed by atoms with Gasteiger partial charge in [0.15, 0.2) is 0 Å². The number of hydrogen-bond acceptors (Lipinski definition) is 4. The maximum atomic E-state index is 14.5. The molecule has 38 heavy (non-hydrogen) atoms. The second kappa shape index (κ2) is 11.0. The van der Waals surface area contributed by atoms with Gasteiger partial charge in [0, 0.05) is 35.7 Å². The van der Waals surface area contributed by atoms with E-state index in [0.29, 0.717) is 29.3 Å². The molecule has 3 N–H and O–H groups in total. The summed E-state index contributed by atoms with van der Waals surface area (Å²) in [6.45, 7) is 0. The molecule has 7 nitrogen and oxygen atoms in total. The van der Waals surface area contributed by atoms with Crippen molar-refractivity contribution >= 4 is 44.7 Å². The molecule has 5 rings (SSSR count). The Hall–Kier alpha value is -4.85. The first-order valence-electron chi connectivity index (χ1n) is 12.3. The minimum atomic E-state index is -0.560. The molecule has 0 radical (unpaired) electrons. The summed E-state index contributed by atoms with van der Waals surface area (Å²) < 4.78 is 14.5. The largest absolute Gasteiger partial charge is 0.326 e. The van der Waals surface area contributed by atoms with Crippen LogP contribution in [0.25, 0.3) is 21.5 Å². The van der Waals surface area contributed by atoms with Crippen LogP contribution >= 0.6 is 0 Å². The molecule has 4 aromatic carbocycles. The number of carbonyl (C=O) groups is 2. The van der Waals surface area contributed by atoms with Gasteiger partial charge >= 0.3 is 0 Å². The summed E-state index contributed by atoms with van der Waals surface area (Å²) in [5.74, 6) is -1.13. The smallest absolute Gasteiger partial charge is 0.272 e. The first-order chi connectivity index (χ1) is 18.5. The highest BCUT2D eigenvalue weighted by molar-refractivity contribution is 6.02. The van der Waals surface area contributed by atoms with Crippen LogP contribution in [0.1, 0.15) is 30.5 Å². The van der Waals surface area contributed by atoms with Gasteiger partial charge in [-0.25, -0.2) is 9.49 Å². The van der Waals surface area contributed by atoms with Crippen LogP contribution in [0.3, 0.4) is 0 Å². The molecule has 2 amide bonds. The molecular formula is C30H25FN4O3. The van der Waals surface area contributed by atoms with Crippen molar-refractivity contribution in [1.82, 2.24) is 10.2 Å². The van der Waals surface area contributed by atoms with Gasteiger partial charge in [-0.2, -0.15) is 5.10 Å². The molecule has 0 bridgehead atoms. The Morgan fingerprint density at radius 3 is 2.21 bits per heavy atom. The molecule has 0 aliphatic rings. The molecular weight excluding hydrogens is 483 g/mol. The lowest BCUT2D eigenvalue weighted by atomic mass is 10.0. The quantitative estimate of drug-likeness (QED) is 0.256. The lowest BCUT2D eigenvalue weighted by Gasteiger charge is -2.10.